The van der Waals surface area contributed by atoms with Gasteiger partial charge in [-0.2, -0.15) is 0 Å². The lowest BCUT2D eigenvalue weighted by Gasteiger charge is -2.29. The number of hydrogen-bond acceptors (Lipinski definition) is 1. The summed E-state index contributed by atoms with van der Waals surface area (Å²) in [5, 5.41) is 0. The van der Waals surface area contributed by atoms with Crippen LogP contribution in [0.4, 0.5) is 0 Å². The molecule has 0 spiro atoms. The molecule has 17 heavy (non-hydrogen) atoms. The van der Waals surface area contributed by atoms with Crippen molar-refractivity contribution >= 4 is 0 Å². The third-order valence-corrected chi connectivity index (χ3v) is 4.14. The number of rotatable bonds is 9. The molecule has 0 aliphatic heterocycles. The van der Waals surface area contributed by atoms with Crippen molar-refractivity contribution in [3.8, 4) is 0 Å². The van der Waals surface area contributed by atoms with Crippen molar-refractivity contribution in [2.75, 3.05) is 6.61 Å². The maximum Gasteiger partial charge on any atom is 0.0518 e. The summed E-state index contributed by atoms with van der Waals surface area (Å²) in [4.78, 5) is 0. The van der Waals surface area contributed by atoms with E-state index in [0.717, 1.165) is 18.4 Å². The molecule has 0 fully saturated rings. The normalized spacial score (nSPS) is 14.6. The fourth-order valence-corrected chi connectivity index (χ4v) is 1.84. The lowest BCUT2D eigenvalue weighted by Crippen LogP contribution is -2.19. The summed E-state index contributed by atoms with van der Waals surface area (Å²) < 4.78 is 5.60. The van der Waals surface area contributed by atoms with E-state index >= 15 is 0 Å². The van der Waals surface area contributed by atoms with Crippen molar-refractivity contribution in [1.82, 2.24) is 0 Å². The van der Waals surface area contributed by atoms with Gasteiger partial charge in [-0.1, -0.05) is 47.5 Å². The molecule has 104 valence electrons. The molecule has 1 unspecified atom stereocenters. The Balaban J connectivity index is 3.61. The highest BCUT2D eigenvalue weighted by Crippen LogP contribution is 2.32. The van der Waals surface area contributed by atoms with Crippen LogP contribution >= 0.6 is 0 Å². The Kier molecular flexibility index (Phi) is 8.11. The lowest BCUT2D eigenvalue weighted by molar-refractivity contribution is 0.0684. The SMILES string of the molecule is CC(CCCC(C)(C)C(C)C)CCOC(C)C. The average molecular weight is 242 g/mol. The average Bonchev–Trinajstić information content (AvgIpc) is 2.16. The van der Waals surface area contributed by atoms with Gasteiger partial charge in [-0.25, -0.2) is 0 Å². The molecule has 0 bridgehead atoms. The Hall–Kier alpha value is -0.0400. The van der Waals surface area contributed by atoms with E-state index in [1.54, 1.807) is 0 Å². The predicted octanol–water partition coefficient (Wildman–Crippen LogP) is 5.29. The van der Waals surface area contributed by atoms with E-state index in [1.807, 2.05) is 0 Å². The van der Waals surface area contributed by atoms with Crippen LogP contribution in [0.1, 0.15) is 74.1 Å². The van der Waals surface area contributed by atoms with Gasteiger partial charge in [-0.05, 0) is 43.9 Å². The smallest absolute Gasteiger partial charge is 0.0518 e. The van der Waals surface area contributed by atoms with Crippen molar-refractivity contribution < 1.29 is 4.74 Å². The van der Waals surface area contributed by atoms with Crippen molar-refractivity contribution in [3.63, 3.8) is 0 Å². The molecule has 0 aromatic heterocycles. The third-order valence-electron chi connectivity index (χ3n) is 4.14. The fourth-order valence-electron chi connectivity index (χ4n) is 1.84. The van der Waals surface area contributed by atoms with Crippen molar-refractivity contribution in [2.24, 2.45) is 17.3 Å². The van der Waals surface area contributed by atoms with Crippen molar-refractivity contribution in [1.29, 1.82) is 0 Å². The van der Waals surface area contributed by atoms with Crippen molar-refractivity contribution in [2.45, 2.75) is 80.3 Å². The first-order chi connectivity index (χ1) is 7.75. The minimum absolute atomic E-state index is 0.377. The summed E-state index contributed by atoms with van der Waals surface area (Å²) in [6, 6.07) is 0. The van der Waals surface area contributed by atoms with E-state index < -0.39 is 0 Å². The van der Waals surface area contributed by atoms with Crippen LogP contribution in [0.2, 0.25) is 0 Å². The second-order valence-electron chi connectivity index (χ2n) is 6.85. The van der Waals surface area contributed by atoms with Crippen LogP contribution in [-0.4, -0.2) is 12.7 Å². The van der Waals surface area contributed by atoms with Gasteiger partial charge in [0, 0.05) is 6.61 Å². The van der Waals surface area contributed by atoms with E-state index in [9.17, 15) is 0 Å². The first kappa shape index (κ1) is 17.0. The van der Waals surface area contributed by atoms with E-state index in [4.69, 9.17) is 4.74 Å². The van der Waals surface area contributed by atoms with Gasteiger partial charge in [0.15, 0.2) is 0 Å². The van der Waals surface area contributed by atoms with Crippen LogP contribution < -0.4 is 0 Å². The molecule has 1 heteroatoms. The Morgan fingerprint density at radius 2 is 1.53 bits per heavy atom. The molecule has 0 aromatic rings. The largest absolute Gasteiger partial charge is 0.379 e. The fraction of sp³-hybridized carbons (Fsp3) is 1.00. The minimum atomic E-state index is 0.377. The van der Waals surface area contributed by atoms with Gasteiger partial charge in [0.2, 0.25) is 0 Å². The zero-order valence-electron chi connectivity index (χ0n) is 13.2. The van der Waals surface area contributed by atoms with Gasteiger partial charge in [-0.3, -0.25) is 0 Å². The Labute approximate surface area is 109 Å². The van der Waals surface area contributed by atoms with Crippen LogP contribution in [0.25, 0.3) is 0 Å². The summed E-state index contributed by atoms with van der Waals surface area (Å²) in [7, 11) is 0. The minimum Gasteiger partial charge on any atom is -0.379 e. The molecule has 0 saturated heterocycles. The zero-order chi connectivity index (χ0) is 13.5. The first-order valence-corrected chi connectivity index (χ1v) is 7.37. The van der Waals surface area contributed by atoms with Crippen LogP contribution in [-0.2, 0) is 4.74 Å². The maximum absolute atomic E-state index is 5.60. The Morgan fingerprint density at radius 3 is 2.00 bits per heavy atom. The molecule has 0 saturated carbocycles. The van der Waals surface area contributed by atoms with Gasteiger partial charge < -0.3 is 4.74 Å². The molecular weight excluding hydrogens is 208 g/mol. The highest BCUT2D eigenvalue weighted by atomic mass is 16.5. The topological polar surface area (TPSA) is 9.23 Å². The standard InChI is InChI=1S/C16H34O/c1-13(2)16(6,7)11-8-9-15(5)10-12-17-14(3)4/h13-15H,8-12H2,1-7H3. The van der Waals surface area contributed by atoms with E-state index in [1.165, 1.54) is 25.7 Å². The molecule has 1 nitrogen and oxygen atoms in total. The van der Waals surface area contributed by atoms with Gasteiger partial charge >= 0.3 is 0 Å². The quantitative estimate of drug-likeness (QED) is 0.534. The molecule has 0 heterocycles. The zero-order valence-corrected chi connectivity index (χ0v) is 13.2. The Morgan fingerprint density at radius 1 is 0.941 bits per heavy atom. The molecule has 0 aliphatic carbocycles. The van der Waals surface area contributed by atoms with Gasteiger partial charge in [0.05, 0.1) is 6.10 Å². The number of hydrogen-bond donors (Lipinski definition) is 0. The van der Waals surface area contributed by atoms with E-state index in [-0.39, 0.29) is 0 Å². The third kappa shape index (κ3) is 8.65. The van der Waals surface area contributed by atoms with E-state index in [0.29, 0.717) is 11.5 Å². The highest BCUT2D eigenvalue weighted by Gasteiger charge is 2.21. The second kappa shape index (κ2) is 8.13. The summed E-state index contributed by atoms with van der Waals surface area (Å²) in [6.45, 7) is 16.9. The molecule has 0 aliphatic rings. The van der Waals surface area contributed by atoms with E-state index in [2.05, 4.69) is 48.5 Å². The second-order valence-corrected chi connectivity index (χ2v) is 6.85. The predicted molar refractivity (Wildman–Crippen MR) is 77.3 cm³/mol. The Bertz CT molecular complexity index is 182. The highest BCUT2D eigenvalue weighted by molar-refractivity contribution is 4.72. The summed E-state index contributed by atoms with van der Waals surface area (Å²) >= 11 is 0. The summed E-state index contributed by atoms with van der Waals surface area (Å²) in [6.07, 6.45) is 5.63. The first-order valence-electron chi connectivity index (χ1n) is 7.37. The molecule has 0 radical (unpaired) electrons. The van der Waals surface area contributed by atoms with Crippen LogP contribution in [0.15, 0.2) is 0 Å². The lowest BCUT2D eigenvalue weighted by atomic mass is 9.76. The van der Waals surface area contributed by atoms with Crippen LogP contribution in [0.5, 0.6) is 0 Å². The number of ether oxygens (including phenoxy) is 1. The van der Waals surface area contributed by atoms with Crippen LogP contribution in [0.3, 0.4) is 0 Å². The molecule has 0 aromatic carbocycles. The molecular formula is C16H34O. The van der Waals surface area contributed by atoms with Crippen molar-refractivity contribution in [3.05, 3.63) is 0 Å². The summed E-state index contributed by atoms with van der Waals surface area (Å²) in [5.74, 6) is 1.58. The summed E-state index contributed by atoms with van der Waals surface area (Å²) in [5.41, 5.74) is 0.494. The van der Waals surface area contributed by atoms with Gasteiger partial charge in [0.1, 0.15) is 0 Å². The van der Waals surface area contributed by atoms with Gasteiger partial charge in [0.25, 0.3) is 0 Å². The molecule has 1 atom stereocenters. The molecule has 0 N–H and O–H groups in total. The molecule has 0 amide bonds. The monoisotopic (exact) mass is 242 g/mol. The van der Waals surface area contributed by atoms with Gasteiger partial charge in [-0.15, -0.1) is 0 Å². The van der Waals surface area contributed by atoms with Crippen LogP contribution in [0, 0.1) is 17.3 Å². The maximum atomic E-state index is 5.60. The molecule has 0 rings (SSSR count).